The Kier molecular flexibility index (Phi) is 5.61. The number of nitriles is 2. The summed E-state index contributed by atoms with van der Waals surface area (Å²) in [5, 5.41) is 23.8. The molecule has 0 aliphatic carbocycles. The predicted octanol–water partition coefficient (Wildman–Crippen LogP) is 2.02. The number of para-hydroxylation sites is 1. The number of nitrogen functional groups attached to an aromatic ring is 2. The van der Waals surface area contributed by atoms with Crippen LogP contribution in [0.2, 0.25) is 0 Å². The van der Waals surface area contributed by atoms with E-state index < -0.39 is 6.04 Å². The van der Waals surface area contributed by atoms with E-state index in [0.717, 1.165) is 5.57 Å². The molecule has 10 heteroatoms. The number of methoxy groups -OCH3 is 1. The molecule has 0 saturated heterocycles. The summed E-state index contributed by atoms with van der Waals surface area (Å²) < 4.78 is 11.4. The second-order valence-corrected chi connectivity index (χ2v) is 6.53. The van der Waals surface area contributed by atoms with Crippen LogP contribution in [0.1, 0.15) is 29.7 Å². The zero-order valence-corrected chi connectivity index (χ0v) is 16.5. The molecule has 1 aliphatic heterocycles. The Morgan fingerprint density at radius 3 is 2.77 bits per heavy atom. The molecule has 0 spiro atoms. The van der Waals surface area contributed by atoms with E-state index in [1.807, 2.05) is 19.2 Å². The minimum atomic E-state index is -0.743. The van der Waals surface area contributed by atoms with E-state index in [0.29, 0.717) is 22.6 Å². The number of anilines is 3. The van der Waals surface area contributed by atoms with Crippen LogP contribution in [0.15, 0.2) is 35.3 Å². The average Bonchev–Trinajstić information content (AvgIpc) is 2.71. The first-order valence-electron chi connectivity index (χ1n) is 8.84. The summed E-state index contributed by atoms with van der Waals surface area (Å²) in [7, 11) is 1.53. The van der Waals surface area contributed by atoms with E-state index in [-0.39, 0.29) is 35.5 Å². The van der Waals surface area contributed by atoms with Crippen molar-refractivity contribution in [1.29, 1.82) is 10.5 Å². The normalized spacial score (nSPS) is 14.3. The van der Waals surface area contributed by atoms with Crippen molar-refractivity contribution in [2.24, 2.45) is 4.99 Å². The molecule has 1 aliphatic rings. The quantitative estimate of drug-likeness (QED) is 0.331. The number of hydrogen-bond acceptors (Lipinski definition) is 10. The van der Waals surface area contributed by atoms with Crippen LogP contribution in [0.5, 0.6) is 11.5 Å². The summed E-state index contributed by atoms with van der Waals surface area (Å²) in [6, 6.07) is 6.56. The van der Waals surface area contributed by atoms with Crippen molar-refractivity contribution in [3.05, 3.63) is 47.0 Å². The van der Waals surface area contributed by atoms with Gasteiger partial charge in [0.1, 0.15) is 35.9 Å². The Bertz CT molecular complexity index is 1130. The molecule has 10 nitrogen and oxygen atoms in total. The van der Waals surface area contributed by atoms with Crippen molar-refractivity contribution in [2.45, 2.75) is 13.0 Å². The lowest BCUT2D eigenvalue weighted by Gasteiger charge is -2.27. The topological polar surface area (TPSA) is 167 Å². The molecule has 1 unspecified atom stereocenters. The largest absolute Gasteiger partial charge is 0.493 e. The number of nitrogens with two attached hydrogens (primary N) is 2. The van der Waals surface area contributed by atoms with Crippen LogP contribution in [0.3, 0.4) is 0 Å². The fourth-order valence-electron chi connectivity index (χ4n) is 3.06. The summed E-state index contributed by atoms with van der Waals surface area (Å²) in [4.78, 5) is 8.80. The smallest absolute Gasteiger partial charge is 0.211 e. The fraction of sp³-hybridized carbons (Fsp3) is 0.200. The molecule has 1 aromatic carbocycles. The molecular formula is C20H20N8O2. The Balaban J connectivity index is 2.27. The number of pyridine rings is 1. The van der Waals surface area contributed by atoms with Gasteiger partial charge in [-0.15, -0.1) is 0 Å². The minimum Gasteiger partial charge on any atom is -0.493 e. The number of aliphatic imine (C=N–C) groups is 1. The highest BCUT2D eigenvalue weighted by Gasteiger charge is 2.32. The standard InChI is InChI=1S/C20H20N8O2/c1-10(2)8-30-17-11(5-4-6-13(17)29-3)16-14-15(23)12(7-21)18(24)27-19(14)28-20(26-16)25-9-22/h4-6,16H,1,8H2,2-3H3,(H6,23,24,25,26,27,28). The SMILES string of the molecule is C=C(C)COc1c(OC)cccc1C1N=C(NC#N)Nc2nc(N)c(C#N)c(N)c21. The Hall–Kier alpha value is -4.44. The zero-order valence-electron chi connectivity index (χ0n) is 16.5. The van der Waals surface area contributed by atoms with E-state index in [4.69, 9.17) is 26.2 Å². The highest BCUT2D eigenvalue weighted by atomic mass is 16.5. The third-order valence-corrected chi connectivity index (χ3v) is 4.34. The second-order valence-electron chi connectivity index (χ2n) is 6.53. The van der Waals surface area contributed by atoms with E-state index >= 15 is 0 Å². The van der Waals surface area contributed by atoms with Crippen molar-refractivity contribution in [2.75, 3.05) is 30.5 Å². The van der Waals surface area contributed by atoms with Crippen molar-refractivity contribution >= 4 is 23.3 Å². The van der Waals surface area contributed by atoms with Gasteiger partial charge in [-0.3, -0.25) is 5.32 Å². The van der Waals surface area contributed by atoms with Crippen LogP contribution in [0, 0.1) is 22.8 Å². The van der Waals surface area contributed by atoms with E-state index in [1.54, 1.807) is 18.2 Å². The molecule has 1 atom stereocenters. The first kappa shape index (κ1) is 20.3. The van der Waals surface area contributed by atoms with Gasteiger partial charge in [-0.05, 0) is 18.6 Å². The summed E-state index contributed by atoms with van der Waals surface area (Å²) >= 11 is 0. The Labute approximate surface area is 173 Å². The van der Waals surface area contributed by atoms with Gasteiger partial charge in [0.2, 0.25) is 5.96 Å². The fourth-order valence-corrected chi connectivity index (χ4v) is 3.06. The molecule has 2 aromatic rings. The highest BCUT2D eigenvalue weighted by molar-refractivity contribution is 5.98. The molecular weight excluding hydrogens is 384 g/mol. The van der Waals surface area contributed by atoms with Crippen LogP contribution in [0.4, 0.5) is 17.3 Å². The number of aromatic nitrogens is 1. The minimum absolute atomic E-state index is 0.0254. The summed E-state index contributed by atoms with van der Waals surface area (Å²) in [6.45, 7) is 5.96. The summed E-state index contributed by atoms with van der Waals surface area (Å²) in [5.74, 6) is 1.34. The second kappa shape index (κ2) is 8.29. The van der Waals surface area contributed by atoms with Gasteiger partial charge in [0, 0.05) is 11.1 Å². The van der Waals surface area contributed by atoms with Crippen LogP contribution < -0.4 is 31.6 Å². The molecule has 152 valence electrons. The van der Waals surface area contributed by atoms with Crippen LogP contribution in [-0.4, -0.2) is 24.7 Å². The summed E-state index contributed by atoms with van der Waals surface area (Å²) in [5.41, 5.74) is 14.2. The van der Waals surface area contributed by atoms with Gasteiger partial charge in [-0.25, -0.2) is 9.98 Å². The molecule has 6 N–H and O–H groups in total. The average molecular weight is 404 g/mol. The molecule has 0 amide bonds. The van der Waals surface area contributed by atoms with Crippen LogP contribution >= 0.6 is 0 Å². The van der Waals surface area contributed by atoms with Gasteiger partial charge in [0.15, 0.2) is 17.7 Å². The number of benzene rings is 1. The van der Waals surface area contributed by atoms with E-state index in [9.17, 15) is 5.26 Å². The first-order valence-corrected chi connectivity index (χ1v) is 8.84. The molecule has 0 saturated carbocycles. The third kappa shape index (κ3) is 3.62. The van der Waals surface area contributed by atoms with Gasteiger partial charge < -0.3 is 26.3 Å². The molecule has 0 radical (unpaired) electrons. The zero-order chi connectivity index (χ0) is 21.8. The van der Waals surface area contributed by atoms with Gasteiger partial charge in [0.05, 0.1) is 12.8 Å². The van der Waals surface area contributed by atoms with Gasteiger partial charge in [-0.2, -0.15) is 10.5 Å². The van der Waals surface area contributed by atoms with E-state index in [2.05, 4.69) is 27.2 Å². The van der Waals surface area contributed by atoms with Crippen molar-refractivity contribution in [3.63, 3.8) is 0 Å². The maximum Gasteiger partial charge on any atom is 0.211 e. The molecule has 1 aromatic heterocycles. The van der Waals surface area contributed by atoms with Crippen LogP contribution in [0.25, 0.3) is 0 Å². The molecule has 0 bridgehead atoms. The lowest BCUT2D eigenvalue weighted by Crippen LogP contribution is -2.33. The van der Waals surface area contributed by atoms with Crippen molar-refractivity contribution < 1.29 is 9.47 Å². The highest BCUT2D eigenvalue weighted by Crippen LogP contribution is 2.45. The summed E-state index contributed by atoms with van der Waals surface area (Å²) in [6.07, 6.45) is 1.82. The number of nitrogens with one attached hydrogen (secondary N) is 2. The maximum atomic E-state index is 9.46. The number of ether oxygens (including phenoxy) is 2. The monoisotopic (exact) mass is 404 g/mol. The predicted molar refractivity (Wildman–Crippen MR) is 113 cm³/mol. The van der Waals surface area contributed by atoms with Crippen LogP contribution in [-0.2, 0) is 0 Å². The third-order valence-electron chi connectivity index (χ3n) is 4.34. The molecule has 30 heavy (non-hydrogen) atoms. The Morgan fingerprint density at radius 1 is 1.37 bits per heavy atom. The van der Waals surface area contributed by atoms with Gasteiger partial charge >= 0.3 is 0 Å². The maximum absolute atomic E-state index is 9.46. The van der Waals surface area contributed by atoms with Gasteiger partial charge in [0.25, 0.3) is 0 Å². The first-order chi connectivity index (χ1) is 14.4. The molecule has 3 rings (SSSR count). The Morgan fingerprint density at radius 2 is 2.13 bits per heavy atom. The number of guanidine groups is 1. The van der Waals surface area contributed by atoms with Crippen molar-refractivity contribution in [3.8, 4) is 23.8 Å². The van der Waals surface area contributed by atoms with E-state index in [1.165, 1.54) is 7.11 Å². The van der Waals surface area contributed by atoms with Gasteiger partial charge in [-0.1, -0.05) is 18.7 Å². The lowest BCUT2D eigenvalue weighted by atomic mass is 9.94. The number of fused-ring (bicyclic) bond motifs is 1. The van der Waals surface area contributed by atoms with Crippen molar-refractivity contribution in [1.82, 2.24) is 10.3 Å². The molecule has 0 fully saturated rings. The number of hydrogen-bond donors (Lipinski definition) is 4. The number of rotatable bonds is 5. The number of nitrogens with zero attached hydrogens (tertiary/aromatic N) is 4. The molecule has 2 heterocycles. The lowest BCUT2D eigenvalue weighted by molar-refractivity contribution is 0.315.